The maximum absolute atomic E-state index is 14.2. The Balaban J connectivity index is 1.58. The van der Waals surface area contributed by atoms with E-state index < -0.39 is 17.2 Å². The molecule has 4 rings (SSSR count). The SMILES string of the molecule is NC=C(C=NC1CCC1)c1ccc(NC(=O)C2(c3ccccc3F)CC2)cc1C(=O)O. The van der Waals surface area contributed by atoms with Gasteiger partial charge in [0.05, 0.1) is 11.0 Å². The van der Waals surface area contributed by atoms with E-state index in [1.54, 1.807) is 36.5 Å². The number of nitrogens with two attached hydrogens (primary N) is 1. The van der Waals surface area contributed by atoms with Gasteiger partial charge in [-0.3, -0.25) is 9.79 Å². The number of halogens is 1. The van der Waals surface area contributed by atoms with Gasteiger partial charge in [0.25, 0.3) is 0 Å². The average molecular weight is 421 g/mol. The zero-order chi connectivity index (χ0) is 22.0. The summed E-state index contributed by atoms with van der Waals surface area (Å²) in [5.74, 6) is -1.90. The molecule has 2 aromatic rings. The summed E-state index contributed by atoms with van der Waals surface area (Å²) in [7, 11) is 0. The van der Waals surface area contributed by atoms with Crippen molar-refractivity contribution >= 4 is 29.4 Å². The van der Waals surface area contributed by atoms with Crippen LogP contribution in [0.2, 0.25) is 0 Å². The van der Waals surface area contributed by atoms with Gasteiger partial charge in [-0.25, -0.2) is 9.18 Å². The molecule has 4 N–H and O–H groups in total. The van der Waals surface area contributed by atoms with Crippen molar-refractivity contribution in [2.75, 3.05) is 5.32 Å². The molecule has 31 heavy (non-hydrogen) atoms. The van der Waals surface area contributed by atoms with Crippen LogP contribution in [0.15, 0.2) is 53.7 Å². The summed E-state index contributed by atoms with van der Waals surface area (Å²) in [6.07, 6.45) is 7.22. The van der Waals surface area contributed by atoms with Crippen LogP contribution in [-0.2, 0) is 10.2 Å². The normalized spacial score (nSPS) is 17.9. The third kappa shape index (κ3) is 4.08. The molecule has 2 aromatic carbocycles. The molecule has 0 atom stereocenters. The predicted octanol–water partition coefficient (Wildman–Crippen LogP) is 4.12. The summed E-state index contributed by atoms with van der Waals surface area (Å²) >= 11 is 0. The fraction of sp³-hybridized carbons (Fsp3) is 0.292. The Labute approximate surface area is 179 Å². The lowest BCUT2D eigenvalue weighted by molar-refractivity contribution is -0.118. The Bertz CT molecular complexity index is 1090. The van der Waals surface area contributed by atoms with Gasteiger partial charge >= 0.3 is 5.97 Å². The van der Waals surface area contributed by atoms with Crippen molar-refractivity contribution in [3.05, 3.63) is 71.2 Å². The number of hydrogen-bond acceptors (Lipinski definition) is 4. The van der Waals surface area contributed by atoms with Crippen LogP contribution < -0.4 is 11.1 Å². The molecule has 0 unspecified atom stereocenters. The minimum absolute atomic E-state index is 0.00491. The van der Waals surface area contributed by atoms with Crippen LogP contribution in [0.25, 0.3) is 5.57 Å². The predicted molar refractivity (Wildman–Crippen MR) is 118 cm³/mol. The molecule has 0 radical (unpaired) electrons. The van der Waals surface area contributed by atoms with Gasteiger partial charge in [-0.2, -0.15) is 0 Å². The van der Waals surface area contributed by atoms with Crippen molar-refractivity contribution in [3.8, 4) is 0 Å². The highest BCUT2D eigenvalue weighted by Crippen LogP contribution is 2.49. The number of allylic oxidation sites excluding steroid dienone is 1. The molecule has 0 aliphatic heterocycles. The number of aliphatic imine (C=N–C) groups is 1. The molecule has 7 heteroatoms. The van der Waals surface area contributed by atoms with Gasteiger partial charge in [-0.15, -0.1) is 0 Å². The standard InChI is InChI=1S/C24H24FN3O3/c25-21-7-2-1-6-20(21)24(10-11-24)23(31)28-17-8-9-18(19(12-17)22(29)30)15(13-26)14-27-16-4-3-5-16/h1-2,6-9,12-14,16H,3-5,10-11,26H2,(H,28,31)(H,29,30). The molecule has 6 nitrogen and oxygen atoms in total. The number of carbonyl (C=O) groups is 2. The Kier molecular flexibility index (Phi) is 5.59. The summed E-state index contributed by atoms with van der Waals surface area (Å²) in [6, 6.07) is 11.1. The fourth-order valence-corrected chi connectivity index (χ4v) is 3.82. The highest BCUT2D eigenvalue weighted by Gasteiger charge is 2.52. The monoisotopic (exact) mass is 421 g/mol. The van der Waals surface area contributed by atoms with E-state index in [-0.39, 0.29) is 17.5 Å². The summed E-state index contributed by atoms with van der Waals surface area (Å²) in [6.45, 7) is 0. The molecular weight excluding hydrogens is 397 g/mol. The minimum Gasteiger partial charge on any atom is -0.478 e. The van der Waals surface area contributed by atoms with Crippen LogP contribution in [0.5, 0.6) is 0 Å². The summed E-state index contributed by atoms with van der Waals surface area (Å²) < 4.78 is 14.2. The second-order valence-corrected chi connectivity index (χ2v) is 8.07. The molecular formula is C24H24FN3O3. The van der Waals surface area contributed by atoms with E-state index in [4.69, 9.17) is 5.73 Å². The van der Waals surface area contributed by atoms with E-state index in [2.05, 4.69) is 10.3 Å². The van der Waals surface area contributed by atoms with E-state index in [0.29, 0.717) is 35.2 Å². The second kappa shape index (κ2) is 8.34. The van der Waals surface area contributed by atoms with E-state index in [0.717, 1.165) is 19.3 Å². The molecule has 0 aromatic heterocycles. The number of carbonyl (C=O) groups excluding carboxylic acids is 1. The molecule has 2 saturated carbocycles. The number of nitrogens with one attached hydrogen (secondary N) is 1. The Morgan fingerprint density at radius 3 is 2.48 bits per heavy atom. The molecule has 0 spiro atoms. The van der Waals surface area contributed by atoms with Gasteiger partial charge < -0.3 is 16.2 Å². The summed E-state index contributed by atoms with van der Waals surface area (Å²) in [5, 5.41) is 12.5. The average Bonchev–Trinajstić information content (AvgIpc) is 3.52. The molecule has 2 aliphatic carbocycles. The van der Waals surface area contributed by atoms with Crippen molar-refractivity contribution in [2.45, 2.75) is 43.6 Å². The molecule has 160 valence electrons. The number of anilines is 1. The highest BCUT2D eigenvalue weighted by molar-refractivity contribution is 6.13. The number of aromatic carboxylic acids is 1. The van der Waals surface area contributed by atoms with Crippen LogP contribution in [0.4, 0.5) is 10.1 Å². The Morgan fingerprint density at radius 2 is 1.90 bits per heavy atom. The van der Waals surface area contributed by atoms with E-state index >= 15 is 0 Å². The van der Waals surface area contributed by atoms with Crippen molar-refractivity contribution < 1.29 is 19.1 Å². The molecule has 0 heterocycles. The minimum atomic E-state index is -1.14. The number of nitrogens with zero attached hydrogens (tertiary/aromatic N) is 1. The zero-order valence-electron chi connectivity index (χ0n) is 17.0. The van der Waals surface area contributed by atoms with Crippen LogP contribution in [0.1, 0.15) is 53.6 Å². The molecule has 2 aliphatic rings. The molecule has 0 bridgehead atoms. The lowest BCUT2D eigenvalue weighted by atomic mass is 9.93. The number of amides is 1. The van der Waals surface area contributed by atoms with Crippen LogP contribution in [0.3, 0.4) is 0 Å². The molecule has 1 amide bonds. The Morgan fingerprint density at radius 1 is 1.16 bits per heavy atom. The highest BCUT2D eigenvalue weighted by atomic mass is 19.1. The lowest BCUT2D eigenvalue weighted by Crippen LogP contribution is -2.28. The van der Waals surface area contributed by atoms with Crippen LogP contribution in [-0.4, -0.2) is 29.2 Å². The van der Waals surface area contributed by atoms with E-state index in [1.165, 1.54) is 18.3 Å². The number of benzene rings is 2. The first-order valence-corrected chi connectivity index (χ1v) is 10.3. The summed E-state index contributed by atoms with van der Waals surface area (Å²) in [4.78, 5) is 29.3. The van der Waals surface area contributed by atoms with E-state index in [1.807, 2.05) is 0 Å². The van der Waals surface area contributed by atoms with Crippen molar-refractivity contribution in [1.29, 1.82) is 0 Å². The summed E-state index contributed by atoms with van der Waals surface area (Å²) in [5.41, 5.74) is 6.45. The molecule has 2 fully saturated rings. The quantitative estimate of drug-likeness (QED) is 0.585. The van der Waals surface area contributed by atoms with E-state index in [9.17, 15) is 19.1 Å². The zero-order valence-corrected chi connectivity index (χ0v) is 17.0. The van der Waals surface area contributed by atoms with Gasteiger partial charge in [0.2, 0.25) is 5.91 Å². The lowest BCUT2D eigenvalue weighted by Gasteiger charge is -2.20. The van der Waals surface area contributed by atoms with Crippen molar-refractivity contribution in [1.82, 2.24) is 0 Å². The smallest absolute Gasteiger partial charge is 0.336 e. The van der Waals surface area contributed by atoms with Gasteiger partial charge in [-0.05, 0) is 55.9 Å². The topological polar surface area (TPSA) is 105 Å². The molecule has 0 saturated heterocycles. The number of carboxylic acids is 1. The third-order valence-corrected chi connectivity index (χ3v) is 6.07. The Hall–Kier alpha value is -3.48. The number of rotatable bonds is 7. The van der Waals surface area contributed by atoms with Crippen LogP contribution in [0, 0.1) is 5.82 Å². The van der Waals surface area contributed by atoms with Crippen LogP contribution >= 0.6 is 0 Å². The fourth-order valence-electron chi connectivity index (χ4n) is 3.82. The number of hydrogen-bond donors (Lipinski definition) is 3. The van der Waals surface area contributed by atoms with Crippen molar-refractivity contribution in [2.24, 2.45) is 10.7 Å². The largest absolute Gasteiger partial charge is 0.478 e. The van der Waals surface area contributed by atoms with Crippen molar-refractivity contribution in [3.63, 3.8) is 0 Å². The first-order valence-electron chi connectivity index (χ1n) is 10.3. The van der Waals surface area contributed by atoms with Gasteiger partial charge in [0.15, 0.2) is 0 Å². The number of carboxylic acid groups (broad SMARTS) is 1. The van der Waals surface area contributed by atoms with Gasteiger partial charge in [-0.1, -0.05) is 24.3 Å². The maximum Gasteiger partial charge on any atom is 0.336 e. The maximum atomic E-state index is 14.2. The first kappa shape index (κ1) is 20.8. The first-order chi connectivity index (χ1) is 14.9. The van der Waals surface area contributed by atoms with Gasteiger partial charge in [0, 0.05) is 35.3 Å². The third-order valence-electron chi connectivity index (χ3n) is 6.07. The van der Waals surface area contributed by atoms with Gasteiger partial charge in [0.1, 0.15) is 5.82 Å². The second-order valence-electron chi connectivity index (χ2n) is 8.07.